The van der Waals surface area contributed by atoms with Crippen molar-refractivity contribution in [2.45, 2.75) is 38.8 Å². The predicted molar refractivity (Wildman–Crippen MR) is 51.1 cm³/mol. The van der Waals surface area contributed by atoms with Crippen LogP contribution in [0.4, 0.5) is 0 Å². The maximum Gasteiger partial charge on any atom is 0.0685 e. The highest BCUT2D eigenvalue weighted by molar-refractivity contribution is 5.06. The van der Waals surface area contributed by atoms with E-state index in [4.69, 9.17) is 0 Å². The summed E-state index contributed by atoms with van der Waals surface area (Å²) in [5, 5.41) is 9.46. The summed E-state index contributed by atoms with van der Waals surface area (Å²) in [6, 6.07) is 0.417. The summed E-state index contributed by atoms with van der Waals surface area (Å²) >= 11 is 0. The molecule has 1 heterocycles. The Morgan fingerprint density at radius 3 is 2.83 bits per heavy atom. The van der Waals surface area contributed by atoms with Gasteiger partial charge in [-0.1, -0.05) is 19.1 Å². The van der Waals surface area contributed by atoms with Gasteiger partial charge in [-0.2, -0.15) is 0 Å². The molecule has 0 aromatic carbocycles. The van der Waals surface area contributed by atoms with Gasteiger partial charge in [-0.05, 0) is 26.3 Å². The minimum absolute atomic E-state index is 0.141. The summed E-state index contributed by atoms with van der Waals surface area (Å²) in [5.41, 5.74) is 1.18. The minimum Gasteiger partial charge on any atom is -0.392 e. The highest BCUT2D eigenvalue weighted by atomic mass is 16.3. The zero-order valence-corrected chi connectivity index (χ0v) is 8.08. The number of hydrogen-bond donors (Lipinski definition) is 1. The lowest BCUT2D eigenvalue weighted by molar-refractivity contribution is 0.175. The normalized spacial score (nSPS) is 30.9. The number of β-amino-alcohol motifs (C(OH)–C–C–N with tert-alkyl or cyclic N) is 1. The molecule has 1 aliphatic rings. The van der Waals surface area contributed by atoms with E-state index in [2.05, 4.69) is 18.4 Å². The smallest absolute Gasteiger partial charge is 0.0685 e. The molecule has 2 nitrogen and oxygen atoms in total. The Kier molecular flexibility index (Phi) is 3.29. The molecule has 12 heavy (non-hydrogen) atoms. The summed E-state index contributed by atoms with van der Waals surface area (Å²) in [7, 11) is 0. The van der Waals surface area contributed by atoms with Crippen molar-refractivity contribution in [3.8, 4) is 0 Å². The van der Waals surface area contributed by atoms with Gasteiger partial charge in [0.05, 0.1) is 6.10 Å². The van der Waals surface area contributed by atoms with Gasteiger partial charge in [0, 0.05) is 12.6 Å². The third kappa shape index (κ3) is 2.08. The second-order valence-electron chi connectivity index (χ2n) is 3.75. The molecule has 1 saturated heterocycles. The Morgan fingerprint density at radius 2 is 2.33 bits per heavy atom. The first-order valence-corrected chi connectivity index (χ1v) is 4.72. The first-order valence-electron chi connectivity index (χ1n) is 4.72. The zero-order valence-electron chi connectivity index (χ0n) is 8.08. The zero-order chi connectivity index (χ0) is 9.14. The van der Waals surface area contributed by atoms with E-state index in [1.165, 1.54) is 5.57 Å². The van der Waals surface area contributed by atoms with Gasteiger partial charge in [-0.3, -0.25) is 4.90 Å². The summed E-state index contributed by atoms with van der Waals surface area (Å²) in [5.74, 6) is 0. The molecular weight excluding hydrogens is 150 g/mol. The fourth-order valence-corrected chi connectivity index (χ4v) is 1.93. The van der Waals surface area contributed by atoms with E-state index in [1.54, 1.807) is 0 Å². The first-order chi connectivity index (χ1) is 5.65. The summed E-state index contributed by atoms with van der Waals surface area (Å²) in [6.07, 6.45) is 1.88. The molecule has 0 bridgehead atoms. The molecule has 1 N–H and O–H groups in total. The van der Waals surface area contributed by atoms with Crippen LogP contribution in [0, 0.1) is 0 Å². The van der Waals surface area contributed by atoms with E-state index in [0.29, 0.717) is 6.04 Å². The average Bonchev–Trinajstić information content (AvgIpc) is 2.32. The van der Waals surface area contributed by atoms with Crippen molar-refractivity contribution in [1.82, 2.24) is 4.90 Å². The highest BCUT2D eigenvalue weighted by Gasteiger charge is 2.30. The lowest BCUT2D eigenvalue weighted by Gasteiger charge is -2.23. The minimum atomic E-state index is -0.141. The van der Waals surface area contributed by atoms with Gasteiger partial charge in [-0.25, -0.2) is 0 Å². The molecule has 2 heteroatoms. The molecule has 0 spiro atoms. The van der Waals surface area contributed by atoms with E-state index < -0.39 is 0 Å². The number of nitrogens with zero attached hydrogens (tertiary/aromatic N) is 1. The first kappa shape index (κ1) is 9.75. The van der Waals surface area contributed by atoms with Crippen LogP contribution in [0.15, 0.2) is 12.2 Å². The molecule has 0 aromatic rings. The van der Waals surface area contributed by atoms with Gasteiger partial charge in [-0.15, -0.1) is 0 Å². The van der Waals surface area contributed by atoms with Crippen LogP contribution >= 0.6 is 0 Å². The summed E-state index contributed by atoms with van der Waals surface area (Å²) in [4.78, 5) is 2.33. The third-order valence-corrected chi connectivity index (χ3v) is 2.46. The molecule has 1 aliphatic heterocycles. The van der Waals surface area contributed by atoms with Crippen molar-refractivity contribution < 1.29 is 5.11 Å². The molecule has 0 unspecified atom stereocenters. The van der Waals surface area contributed by atoms with Crippen LogP contribution < -0.4 is 0 Å². The molecule has 1 rings (SSSR count). The van der Waals surface area contributed by atoms with Crippen LogP contribution in [0.5, 0.6) is 0 Å². The lowest BCUT2D eigenvalue weighted by atomic mass is 10.1. The Labute approximate surface area is 74.9 Å². The predicted octanol–water partition coefficient (Wildman–Crippen LogP) is 1.41. The number of rotatable bonds is 3. The van der Waals surface area contributed by atoms with Crippen LogP contribution in [-0.2, 0) is 0 Å². The van der Waals surface area contributed by atoms with Crippen LogP contribution in [0.25, 0.3) is 0 Å². The Morgan fingerprint density at radius 1 is 1.67 bits per heavy atom. The van der Waals surface area contributed by atoms with E-state index >= 15 is 0 Å². The van der Waals surface area contributed by atoms with Crippen molar-refractivity contribution in [2.75, 3.05) is 13.1 Å². The van der Waals surface area contributed by atoms with Crippen molar-refractivity contribution in [3.05, 3.63) is 12.2 Å². The number of aliphatic hydroxyl groups excluding tert-OH is 1. The summed E-state index contributed by atoms with van der Waals surface area (Å²) < 4.78 is 0. The molecule has 0 aromatic heterocycles. The topological polar surface area (TPSA) is 23.5 Å². The van der Waals surface area contributed by atoms with E-state index in [1.807, 2.05) is 6.92 Å². The number of aliphatic hydroxyl groups is 1. The molecule has 70 valence electrons. The SMILES string of the molecule is C=C(C)[C@@H]1C[C@H](O)CN1CCC. The van der Waals surface area contributed by atoms with E-state index in [-0.39, 0.29) is 6.10 Å². The van der Waals surface area contributed by atoms with E-state index in [9.17, 15) is 5.11 Å². The quantitative estimate of drug-likeness (QED) is 0.646. The number of hydrogen-bond acceptors (Lipinski definition) is 2. The average molecular weight is 169 g/mol. The highest BCUT2D eigenvalue weighted by Crippen LogP contribution is 2.22. The molecule has 0 radical (unpaired) electrons. The third-order valence-electron chi connectivity index (χ3n) is 2.46. The van der Waals surface area contributed by atoms with Crippen molar-refractivity contribution in [2.24, 2.45) is 0 Å². The van der Waals surface area contributed by atoms with Crippen LogP contribution in [0.2, 0.25) is 0 Å². The molecule has 2 atom stereocenters. The standard InChI is InChI=1S/C10H19NO/c1-4-5-11-7-9(12)6-10(11)8(2)3/h9-10,12H,2,4-7H2,1,3H3/t9-,10-/m0/s1. The van der Waals surface area contributed by atoms with Crippen LogP contribution in [-0.4, -0.2) is 35.2 Å². The van der Waals surface area contributed by atoms with Gasteiger partial charge in [0.2, 0.25) is 0 Å². The molecule has 1 fully saturated rings. The maximum absolute atomic E-state index is 9.46. The number of likely N-dealkylation sites (tertiary alicyclic amines) is 1. The monoisotopic (exact) mass is 169 g/mol. The molecule has 0 amide bonds. The fourth-order valence-electron chi connectivity index (χ4n) is 1.93. The van der Waals surface area contributed by atoms with E-state index in [0.717, 1.165) is 25.9 Å². The van der Waals surface area contributed by atoms with Crippen molar-refractivity contribution in [3.63, 3.8) is 0 Å². The fraction of sp³-hybridized carbons (Fsp3) is 0.800. The van der Waals surface area contributed by atoms with Crippen LogP contribution in [0.3, 0.4) is 0 Å². The summed E-state index contributed by atoms with van der Waals surface area (Å²) in [6.45, 7) is 10.1. The lowest BCUT2D eigenvalue weighted by Crippen LogP contribution is -2.31. The van der Waals surface area contributed by atoms with Gasteiger partial charge < -0.3 is 5.11 Å². The van der Waals surface area contributed by atoms with Crippen molar-refractivity contribution >= 4 is 0 Å². The Hall–Kier alpha value is -0.340. The molecule has 0 aliphatic carbocycles. The molecule has 0 saturated carbocycles. The maximum atomic E-state index is 9.46. The molecular formula is C10H19NO. The van der Waals surface area contributed by atoms with Crippen molar-refractivity contribution in [1.29, 1.82) is 0 Å². The second-order valence-corrected chi connectivity index (χ2v) is 3.75. The van der Waals surface area contributed by atoms with Gasteiger partial charge >= 0.3 is 0 Å². The largest absolute Gasteiger partial charge is 0.392 e. The van der Waals surface area contributed by atoms with Crippen LogP contribution in [0.1, 0.15) is 26.7 Å². The Balaban J connectivity index is 2.53. The Bertz CT molecular complexity index is 167. The van der Waals surface area contributed by atoms with Gasteiger partial charge in [0.25, 0.3) is 0 Å². The van der Waals surface area contributed by atoms with Gasteiger partial charge in [0.1, 0.15) is 0 Å². The van der Waals surface area contributed by atoms with Gasteiger partial charge in [0.15, 0.2) is 0 Å². The second kappa shape index (κ2) is 4.06.